The Hall–Kier alpha value is -2.60. The van der Waals surface area contributed by atoms with Crippen molar-refractivity contribution in [1.82, 2.24) is 0 Å². The van der Waals surface area contributed by atoms with E-state index in [-0.39, 0.29) is 0 Å². The van der Waals surface area contributed by atoms with E-state index in [1.807, 2.05) is 0 Å². The largest absolute Gasteiger partial charge is 0.0622 e. The van der Waals surface area contributed by atoms with Crippen molar-refractivity contribution in [3.8, 4) is 0 Å². The molecule has 1 aliphatic carbocycles. The predicted octanol–water partition coefficient (Wildman–Crippen LogP) is 3.88. The summed E-state index contributed by atoms with van der Waals surface area (Å²) in [6, 6.07) is 30.4. The summed E-state index contributed by atoms with van der Waals surface area (Å²) in [6.45, 7) is 0. The lowest BCUT2D eigenvalue weighted by Crippen LogP contribution is -2.32. The first-order valence-corrected chi connectivity index (χ1v) is 7.86. The van der Waals surface area contributed by atoms with Crippen molar-refractivity contribution in [2.45, 2.75) is 12.8 Å². The Bertz CT molecular complexity index is 825. The molecule has 0 spiro atoms. The smallest absolute Gasteiger partial charge is 0.0143 e. The Kier molecular flexibility index (Phi) is 3.36. The van der Waals surface area contributed by atoms with Gasteiger partial charge in [-0.25, -0.2) is 0 Å². The fourth-order valence-corrected chi connectivity index (χ4v) is 3.41. The minimum absolute atomic E-state index is 1.10. The van der Waals surface area contributed by atoms with Crippen molar-refractivity contribution in [2.75, 3.05) is 0 Å². The van der Waals surface area contributed by atoms with Crippen LogP contribution in [0, 0.1) is 0 Å². The number of benzene rings is 3. The Morgan fingerprint density at radius 3 is 1.18 bits per heavy atom. The van der Waals surface area contributed by atoms with Crippen molar-refractivity contribution >= 4 is 11.1 Å². The molecule has 0 aliphatic heterocycles. The molecule has 106 valence electrons. The molecule has 0 fully saturated rings. The van der Waals surface area contributed by atoms with Crippen molar-refractivity contribution in [1.29, 1.82) is 0 Å². The van der Waals surface area contributed by atoms with Gasteiger partial charge in [-0.05, 0) is 45.6 Å². The zero-order valence-electron chi connectivity index (χ0n) is 12.5. The molecule has 0 aromatic heterocycles. The first-order valence-electron chi connectivity index (χ1n) is 7.86. The standard InChI is InChI=1S/C22H18/c1-3-9-17(10-4-1)19-15-16-20(18-11-5-2-6-12-18)22-14-8-7-13-21(19)22/h1-14H,15-16H2. The minimum atomic E-state index is 1.10. The monoisotopic (exact) mass is 282 g/mol. The normalized spacial score (nSPS) is 13.8. The van der Waals surface area contributed by atoms with E-state index in [9.17, 15) is 0 Å². The molecule has 22 heavy (non-hydrogen) atoms. The van der Waals surface area contributed by atoms with Crippen LogP contribution in [-0.4, -0.2) is 0 Å². The summed E-state index contributed by atoms with van der Waals surface area (Å²) in [5.74, 6) is 0. The average molecular weight is 282 g/mol. The lowest BCUT2D eigenvalue weighted by atomic mass is 9.87. The lowest BCUT2D eigenvalue weighted by molar-refractivity contribution is 1.04. The molecule has 0 saturated heterocycles. The summed E-state index contributed by atoms with van der Waals surface area (Å²) in [5.41, 5.74) is 5.64. The van der Waals surface area contributed by atoms with Crippen molar-refractivity contribution in [3.05, 3.63) is 106 Å². The molecule has 0 N–H and O–H groups in total. The molecule has 3 aromatic carbocycles. The average Bonchev–Trinajstić information content (AvgIpc) is 2.62. The third-order valence-electron chi connectivity index (χ3n) is 4.45. The molecule has 3 aromatic rings. The molecule has 0 heteroatoms. The highest BCUT2D eigenvalue weighted by Crippen LogP contribution is 2.25. The summed E-state index contributed by atoms with van der Waals surface area (Å²) in [6.07, 6.45) is 2.20. The molecule has 0 saturated carbocycles. The SMILES string of the molecule is c1ccc(C2=c3ccccc3=C(c3ccccc3)CC2)cc1. The van der Waals surface area contributed by atoms with Gasteiger partial charge in [0.1, 0.15) is 0 Å². The molecule has 0 atom stereocenters. The first kappa shape index (κ1) is 13.1. The molecular formula is C22H18. The zero-order chi connectivity index (χ0) is 14.8. The summed E-state index contributed by atoms with van der Waals surface area (Å²) in [4.78, 5) is 0. The highest BCUT2D eigenvalue weighted by molar-refractivity contribution is 5.75. The van der Waals surface area contributed by atoms with Crippen molar-refractivity contribution in [2.24, 2.45) is 0 Å². The Morgan fingerprint density at radius 2 is 0.773 bits per heavy atom. The van der Waals surface area contributed by atoms with Gasteiger partial charge in [-0.3, -0.25) is 0 Å². The van der Waals surface area contributed by atoms with Gasteiger partial charge in [-0.2, -0.15) is 0 Å². The van der Waals surface area contributed by atoms with Crippen LogP contribution in [-0.2, 0) is 0 Å². The van der Waals surface area contributed by atoms with Crippen LogP contribution in [0.4, 0.5) is 0 Å². The predicted molar refractivity (Wildman–Crippen MR) is 92.8 cm³/mol. The van der Waals surface area contributed by atoms with E-state index in [0.29, 0.717) is 0 Å². The molecule has 0 heterocycles. The summed E-state index contributed by atoms with van der Waals surface area (Å²) >= 11 is 0. The summed E-state index contributed by atoms with van der Waals surface area (Å²) < 4.78 is 0. The van der Waals surface area contributed by atoms with E-state index in [4.69, 9.17) is 0 Å². The fraction of sp³-hybridized carbons (Fsp3) is 0.0909. The van der Waals surface area contributed by atoms with Crippen LogP contribution in [0.5, 0.6) is 0 Å². The van der Waals surface area contributed by atoms with Gasteiger partial charge in [-0.1, -0.05) is 84.9 Å². The van der Waals surface area contributed by atoms with Crippen LogP contribution in [0.3, 0.4) is 0 Å². The van der Waals surface area contributed by atoms with Gasteiger partial charge in [0.05, 0.1) is 0 Å². The van der Waals surface area contributed by atoms with Gasteiger partial charge in [0.25, 0.3) is 0 Å². The quantitative estimate of drug-likeness (QED) is 0.669. The van der Waals surface area contributed by atoms with Crippen molar-refractivity contribution < 1.29 is 0 Å². The summed E-state index contributed by atoms with van der Waals surface area (Å²) in [7, 11) is 0. The molecule has 0 unspecified atom stereocenters. The third kappa shape index (κ3) is 2.27. The highest BCUT2D eigenvalue weighted by atomic mass is 14.2. The maximum Gasteiger partial charge on any atom is -0.0143 e. The first-order chi connectivity index (χ1) is 10.9. The van der Waals surface area contributed by atoms with E-state index >= 15 is 0 Å². The van der Waals surface area contributed by atoms with E-state index in [2.05, 4.69) is 84.9 Å². The molecule has 0 amide bonds. The van der Waals surface area contributed by atoms with Gasteiger partial charge in [0.15, 0.2) is 0 Å². The van der Waals surface area contributed by atoms with Gasteiger partial charge >= 0.3 is 0 Å². The number of fused-ring (bicyclic) bond motifs is 1. The second-order valence-electron chi connectivity index (χ2n) is 5.73. The van der Waals surface area contributed by atoms with Gasteiger partial charge in [0.2, 0.25) is 0 Å². The van der Waals surface area contributed by atoms with E-state index in [1.54, 1.807) is 0 Å². The number of hydrogen-bond donors (Lipinski definition) is 0. The van der Waals surface area contributed by atoms with Crippen LogP contribution >= 0.6 is 0 Å². The Labute approximate surface area is 131 Å². The lowest BCUT2D eigenvalue weighted by Gasteiger charge is -2.17. The Balaban J connectivity index is 2.05. The second-order valence-corrected chi connectivity index (χ2v) is 5.73. The van der Waals surface area contributed by atoms with Crippen LogP contribution < -0.4 is 10.4 Å². The van der Waals surface area contributed by atoms with Gasteiger partial charge < -0.3 is 0 Å². The number of rotatable bonds is 2. The van der Waals surface area contributed by atoms with E-state index < -0.39 is 0 Å². The summed E-state index contributed by atoms with van der Waals surface area (Å²) in [5, 5.41) is 2.78. The van der Waals surface area contributed by atoms with Gasteiger partial charge in [0, 0.05) is 0 Å². The molecule has 0 radical (unpaired) electrons. The molecule has 0 bridgehead atoms. The Morgan fingerprint density at radius 1 is 0.409 bits per heavy atom. The fourth-order valence-electron chi connectivity index (χ4n) is 3.41. The molecular weight excluding hydrogens is 264 g/mol. The van der Waals surface area contributed by atoms with Crippen LogP contribution in [0.25, 0.3) is 11.1 Å². The van der Waals surface area contributed by atoms with Gasteiger partial charge in [-0.15, -0.1) is 0 Å². The highest BCUT2D eigenvalue weighted by Gasteiger charge is 2.13. The minimum Gasteiger partial charge on any atom is -0.0622 e. The maximum atomic E-state index is 2.26. The second kappa shape index (κ2) is 5.65. The van der Waals surface area contributed by atoms with Crippen molar-refractivity contribution in [3.63, 3.8) is 0 Å². The molecule has 4 rings (SSSR count). The van der Waals surface area contributed by atoms with Crippen LogP contribution in [0.2, 0.25) is 0 Å². The van der Waals surface area contributed by atoms with Crippen LogP contribution in [0.15, 0.2) is 84.9 Å². The van der Waals surface area contributed by atoms with E-state index in [0.717, 1.165) is 12.8 Å². The zero-order valence-corrected chi connectivity index (χ0v) is 12.5. The third-order valence-corrected chi connectivity index (χ3v) is 4.45. The van der Waals surface area contributed by atoms with E-state index in [1.165, 1.54) is 32.7 Å². The molecule has 1 aliphatic rings. The maximum absolute atomic E-state index is 2.26. The van der Waals surface area contributed by atoms with Crippen LogP contribution in [0.1, 0.15) is 24.0 Å². The topological polar surface area (TPSA) is 0 Å². The molecule has 0 nitrogen and oxygen atoms in total. The number of hydrogen-bond acceptors (Lipinski definition) is 0.